The molecule has 2 bridgehead atoms. The summed E-state index contributed by atoms with van der Waals surface area (Å²) < 4.78 is 17.2. The maximum atomic E-state index is 14.2. The number of fused-ring (bicyclic) bond motifs is 1. The molecule has 3 fully saturated rings. The second-order valence-corrected chi connectivity index (χ2v) is 11.4. The average molecular weight is 566 g/mol. The second-order valence-electron chi connectivity index (χ2n) is 11.4. The minimum atomic E-state index is -1.16. The number of hydrogen-bond acceptors (Lipinski definition) is 7. The number of likely N-dealkylation sites (tertiary alicyclic amines) is 1. The summed E-state index contributed by atoms with van der Waals surface area (Å²) in [5.74, 6) is -1.14. The molecule has 5 rings (SSSR count). The molecule has 3 amide bonds. The van der Waals surface area contributed by atoms with E-state index in [0.717, 1.165) is 0 Å². The number of carbonyl (C=O) groups is 3. The van der Waals surface area contributed by atoms with Gasteiger partial charge >= 0.3 is 0 Å². The molecular weight excluding hydrogens is 526 g/mol. The molecule has 0 radical (unpaired) electrons. The van der Waals surface area contributed by atoms with Crippen LogP contribution in [0.1, 0.15) is 40.0 Å². The van der Waals surface area contributed by atoms with Crippen LogP contribution in [0.25, 0.3) is 0 Å². The number of anilines is 2. The van der Waals surface area contributed by atoms with Gasteiger partial charge in [-0.05, 0) is 80.6 Å². The number of benzene rings is 2. The Bertz CT molecular complexity index is 1270. The van der Waals surface area contributed by atoms with E-state index in [1.54, 1.807) is 55.6 Å². The highest BCUT2D eigenvalue weighted by molar-refractivity contribution is 6.05. The van der Waals surface area contributed by atoms with Crippen LogP contribution in [0.3, 0.4) is 0 Å². The highest BCUT2D eigenvalue weighted by Crippen LogP contribution is 2.59. The third kappa shape index (κ3) is 5.26. The maximum absolute atomic E-state index is 14.2. The molecule has 3 aliphatic rings. The van der Waals surface area contributed by atoms with Gasteiger partial charge in [-0.25, -0.2) is 0 Å². The van der Waals surface area contributed by atoms with Crippen LogP contribution in [0.5, 0.6) is 11.5 Å². The maximum Gasteiger partial charge on any atom is 0.250 e. The molecule has 0 aromatic heterocycles. The summed E-state index contributed by atoms with van der Waals surface area (Å²) >= 11 is 0. The Balaban J connectivity index is 1.45. The Morgan fingerprint density at radius 3 is 2.22 bits per heavy atom. The number of nitrogens with one attached hydrogen (secondary N) is 2. The quantitative estimate of drug-likeness (QED) is 0.381. The van der Waals surface area contributed by atoms with Gasteiger partial charge in [0.05, 0.1) is 44.3 Å². The first kappa shape index (κ1) is 28.9. The fourth-order valence-electron chi connectivity index (χ4n) is 6.82. The number of aliphatic hydroxyl groups excluding tert-OH is 1. The van der Waals surface area contributed by atoms with Gasteiger partial charge in [0.2, 0.25) is 17.7 Å². The van der Waals surface area contributed by atoms with Crippen LogP contribution in [0.4, 0.5) is 11.4 Å². The predicted molar refractivity (Wildman–Crippen MR) is 153 cm³/mol. The van der Waals surface area contributed by atoms with Crippen LogP contribution in [0.2, 0.25) is 0 Å². The first-order valence-corrected chi connectivity index (χ1v) is 14.3. The smallest absolute Gasteiger partial charge is 0.250 e. The summed E-state index contributed by atoms with van der Waals surface area (Å²) in [6, 6.07) is 12.4. The molecule has 2 aromatic carbocycles. The molecule has 3 heterocycles. The molecule has 3 aliphatic heterocycles. The van der Waals surface area contributed by atoms with Crippen molar-refractivity contribution >= 4 is 29.1 Å². The largest absolute Gasteiger partial charge is 0.497 e. The average Bonchev–Trinajstić information content (AvgIpc) is 3.60. The fourth-order valence-corrected chi connectivity index (χ4v) is 6.82. The normalized spacial score (nSPS) is 27.1. The van der Waals surface area contributed by atoms with E-state index in [1.165, 1.54) is 4.90 Å². The summed E-state index contributed by atoms with van der Waals surface area (Å²) in [5, 5.41) is 16.3. The van der Waals surface area contributed by atoms with Crippen molar-refractivity contribution in [2.45, 2.75) is 63.8 Å². The third-order valence-corrected chi connectivity index (χ3v) is 8.43. The Hall–Kier alpha value is -3.63. The van der Waals surface area contributed by atoms with Gasteiger partial charge < -0.3 is 34.9 Å². The molecule has 0 aliphatic carbocycles. The topological polar surface area (TPSA) is 126 Å². The Morgan fingerprint density at radius 2 is 1.66 bits per heavy atom. The van der Waals surface area contributed by atoms with E-state index >= 15 is 0 Å². The van der Waals surface area contributed by atoms with Crippen molar-refractivity contribution in [3.05, 3.63) is 48.5 Å². The lowest BCUT2D eigenvalue weighted by Gasteiger charge is -2.37. The van der Waals surface area contributed by atoms with Crippen molar-refractivity contribution in [3.8, 4) is 11.5 Å². The molecule has 3 saturated heterocycles. The van der Waals surface area contributed by atoms with Crippen LogP contribution in [0, 0.1) is 17.8 Å². The highest BCUT2D eigenvalue weighted by atomic mass is 16.5. The van der Waals surface area contributed by atoms with Crippen molar-refractivity contribution in [1.29, 1.82) is 0 Å². The van der Waals surface area contributed by atoms with Crippen LogP contribution >= 0.6 is 0 Å². The lowest BCUT2D eigenvalue weighted by Crippen LogP contribution is -2.56. The number of amides is 3. The standard InChI is InChI=1S/C31H39N3O7/c1-5-40-23-12-8-19(9-13-23)32-28(36)25-24-14-15-31(41-24)26(25)30(38)34(21(17-35)16-18(2)3)27(31)29(37)33-20-6-10-22(39-4)11-7-20/h6-13,18,21,24-27,35H,5,14-17H2,1-4H3,(H,32,36)(H,33,37)/t21-,24-,25+,26+,27?,31?/m1/s1. The van der Waals surface area contributed by atoms with Gasteiger partial charge in [-0.15, -0.1) is 0 Å². The monoisotopic (exact) mass is 565 g/mol. The second kappa shape index (κ2) is 11.7. The zero-order valence-corrected chi connectivity index (χ0v) is 24.0. The third-order valence-electron chi connectivity index (χ3n) is 8.43. The van der Waals surface area contributed by atoms with E-state index in [0.29, 0.717) is 48.7 Å². The van der Waals surface area contributed by atoms with Crippen molar-refractivity contribution < 1.29 is 33.7 Å². The number of rotatable bonds is 11. The van der Waals surface area contributed by atoms with Crippen molar-refractivity contribution in [2.24, 2.45) is 17.8 Å². The van der Waals surface area contributed by atoms with Gasteiger partial charge in [0.15, 0.2) is 0 Å². The summed E-state index contributed by atoms with van der Waals surface area (Å²) in [6.45, 7) is 6.14. The molecule has 0 saturated carbocycles. The molecule has 220 valence electrons. The van der Waals surface area contributed by atoms with Crippen molar-refractivity contribution in [2.75, 3.05) is 31.0 Å². The van der Waals surface area contributed by atoms with E-state index in [-0.39, 0.29) is 24.3 Å². The summed E-state index contributed by atoms with van der Waals surface area (Å²) in [4.78, 5) is 43.4. The molecule has 10 nitrogen and oxygen atoms in total. The number of carbonyl (C=O) groups excluding carboxylic acids is 3. The number of aliphatic hydroxyl groups is 1. The zero-order chi connectivity index (χ0) is 29.3. The highest BCUT2D eigenvalue weighted by Gasteiger charge is 2.75. The lowest BCUT2D eigenvalue weighted by molar-refractivity contribution is -0.143. The molecule has 6 atom stereocenters. The van der Waals surface area contributed by atoms with Crippen molar-refractivity contribution in [3.63, 3.8) is 0 Å². The van der Waals surface area contributed by atoms with Crippen LogP contribution in [0.15, 0.2) is 48.5 Å². The van der Waals surface area contributed by atoms with Gasteiger partial charge in [-0.2, -0.15) is 0 Å². The summed E-state index contributed by atoms with van der Waals surface area (Å²) in [5.41, 5.74) is -0.0343. The number of methoxy groups -OCH3 is 1. The fraction of sp³-hybridized carbons (Fsp3) is 0.516. The van der Waals surface area contributed by atoms with Gasteiger partial charge in [-0.1, -0.05) is 13.8 Å². The van der Waals surface area contributed by atoms with E-state index in [9.17, 15) is 19.5 Å². The predicted octanol–water partition coefficient (Wildman–Crippen LogP) is 3.45. The molecule has 41 heavy (non-hydrogen) atoms. The number of ether oxygens (including phenoxy) is 3. The zero-order valence-electron chi connectivity index (χ0n) is 24.0. The first-order valence-electron chi connectivity index (χ1n) is 14.3. The van der Waals surface area contributed by atoms with E-state index in [2.05, 4.69) is 10.6 Å². The Kier molecular flexibility index (Phi) is 8.24. The summed E-state index contributed by atoms with van der Waals surface area (Å²) in [6.07, 6.45) is 1.05. The van der Waals surface area contributed by atoms with E-state index < -0.39 is 41.5 Å². The van der Waals surface area contributed by atoms with Crippen LogP contribution < -0.4 is 20.1 Å². The van der Waals surface area contributed by atoms with E-state index in [1.807, 2.05) is 20.8 Å². The van der Waals surface area contributed by atoms with Crippen LogP contribution in [-0.4, -0.2) is 71.8 Å². The molecule has 2 unspecified atom stereocenters. The van der Waals surface area contributed by atoms with Crippen LogP contribution in [-0.2, 0) is 19.1 Å². The van der Waals surface area contributed by atoms with E-state index in [4.69, 9.17) is 14.2 Å². The van der Waals surface area contributed by atoms with Gasteiger partial charge in [0.25, 0.3) is 0 Å². The molecule has 10 heteroatoms. The summed E-state index contributed by atoms with van der Waals surface area (Å²) in [7, 11) is 1.56. The Labute approximate surface area is 240 Å². The molecule has 3 N–H and O–H groups in total. The molecular formula is C31H39N3O7. The first-order chi connectivity index (χ1) is 19.7. The minimum absolute atomic E-state index is 0.166. The lowest BCUT2D eigenvalue weighted by atomic mass is 9.70. The SMILES string of the molecule is CCOc1ccc(NC(=O)[C@@H]2[C@H]3C(=O)N([C@@H](CO)CC(C)C)C(C(=O)Nc4ccc(OC)cc4)C34CC[C@H]2O4)cc1. The molecule has 2 aromatic rings. The van der Waals surface area contributed by atoms with Gasteiger partial charge in [0.1, 0.15) is 23.1 Å². The van der Waals surface area contributed by atoms with Gasteiger partial charge in [-0.3, -0.25) is 14.4 Å². The minimum Gasteiger partial charge on any atom is -0.497 e. The van der Waals surface area contributed by atoms with Crippen molar-refractivity contribution in [1.82, 2.24) is 4.90 Å². The number of hydrogen-bond donors (Lipinski definition) is 3. The molecule has 1 spiro atoms. The van der Waals surface area contributed by atoms with Gasteiger partial charge in [0, 0.05) is 11.4 Å². The Morgan fingerprint density at radius 1 is 1.05 bits per heavy atom. The number of nitrogens with zero attached hydrogens (tertiary/aromatic N) is 1.